The van der Waals surface area contributed by atoms with Gasteiger partial charge in [0.1, 0.15) is 10.6 Å². The molecule has 3 aromatic rings. The van der Waals surface area contributed by atoms with Gasteiger partial charge in [0, 0.05) is 22.1 Å². The fourth-order valence-electron chi connectivity index (χ4n) is 3.14. The second kappa shape index (κ2) is 7.58. The van der Waals surface area contributed by atoms with Crippen LogP contribution < -0.4 is 15.4 Å². The van der Waals surface area contributed by atoms with E-state index in [-0.39, 0.29) is 24.4 Å². The summed E-state index contributed by atoms with van der Waals surface area (Å²) in [7, 11) is 0. The predicted octanol–water partition coefficient (Wildman–Crippen LogP) is 3.92. The van der Waals surface area contributed by atoms with Crippen LogP contribution in [0.15, 0.2) is 48.5 Å². The quantitative estimate of drug-likeness (QED) is 0.697. The largest absolute Gasteiger partial charge is 0.493 e. The van der Waals surface area contributed by atoms with Gasteiger partial charge in [-0.3, -0.25) is 9.59 Å². The number of carbonyl (C=O) groups excluding carboxylic acids is 2. The number of para-hydroxylation sites is 1. The number of amides is 2. The molecule has 27 heavy (non-hydrogen) atoms. The van der Waals surface area contributed by atoms with Gasteiger partial charge in [-0.25, -0.2) is 0 Å². The van der Waals surface area contributed by atoms with E-state index in [1.165, 1.54) is 11.3 Å². The van der Waals surface area contributed by atoms with Crippen LogP contribution in [0.3, 0.4) is 0 Å². The van der Waals surface area contributed by atoms with Crippen LogP contribution in [0, 0.1) is 0 Å². The first kappa shape index (κ1) is 17.8. The summed E-state index contributed by atoms with van der Waals surface area (Å²) in [6.07, 6.45) is 0.693. The average Bonchev–Trinajstić information content (AvgIpc) is 3.03. The van der Waals surface area contributed by atoms with E-state index in [1.54, 1.807) is 0 Å². The highest BCUT2D eigenvalue weighted by atomic mass is 35.5. The Hall–Kier alpha value is -2.57. The zero-order valence-corrected chi connectivity index (χ0v) is 15.9. The molecular weight excluding hydrogens is 384 g/mol. The molecule has 0 bridgehead atoms. The molecule has 0 radical (unpaired) electrons. The summed E-state index contributed by atoms with van der Waals surface area (Å²) in [5.74, 6) is 0.196. The van der Waals surface area contributed by atoms with E-state index in [2.05, 4.69) is 10.6 Å². The van der Waals surface area contributed by atoms with Gasteiger partial charge in [0.05, 0.1) is 24.2 Å². The molecule has 0 spiro atoms. The number of thiophene rings is 1. The molecule has 2 heterocycles. The van der Waals surface area contributed by atoms with E-state index < -0.39 is 0 Å². The van der Waals surface area contributed by atoms with E-state index in [1.807, 2.05) is 48.5 Å². The highest BCUT2D eigenvalue weighted by molar-refractivity contribution is 7.21. The van der Waals surface area contributed by atoms with Crippen LogP contribution in [-0.2, 0) is 4.79 Å². The molecule has 1 atom stereocenters. The number of rotatable bonds is 4. The molecular formula is C20H17ClN2O3S. The third kappa shape index (κ3) is 3.63. The first-order valence-electron chi connectivity index (χ1n) is 8.60. The average molecular weight is 401 g/mol. The van der Waals surface area contributed by atoms with Crippen molar-refractivity contribution in [3.05, 3.63) is 64.0 Å². The second-order valence-corrected chi connectivity index (χ2v) is 7.65. The van der Waals surface area contributed by atoms with Crippen molar-refractivity contribution in [2.24, 2.45) is 0 Å². The molecule has 0 fully saturated rings. The van der Waals surface area contributed by atoms with Crippen LogP contribution in [-0.4, -0.2) is 25.0 Å². The minimum absolute atomic E-state index is 0.108. The number of carbonyl (C=O) groups is 2. The normalized spacial score (nSPS) is 15.7. The molecule has 1 aromatic heterocycles. The van der Waals surface area contributed by atoms with Gasteiger partial charge in [-0.2, -0.15) is 0 Å². The zero-order valence-electron chi connectivity index (χ0n) is 14.3. The summed E-state index contributed by atoms with van der Waals surface area (Å²) < 4.78 is 6.54. The molecule has 7 heteroatoms. The lowest BCUT2D eigenvalue weighted by Gasteiger charge is -2.26. The van der Waals surface area contributed by atoms with Gasteiger partial charge in [-0.05, 0) is 12.1 Å². The SMILES string of the molecule is O=C(CNC(=O)c1sc2ccccc2c1Cl)N[C@@H]1CCOc2ccccc21. The smallest absolute Gasteiger partial charge is 0.263 e. The summed E-state index contributed by atoms with van der Waals surface area (Å²) in [5, 5.41) is 6.89. The molecule has 4 rings (SSSR count). The van der Waals surface area contributed by atoms with Crippen molar-refractivity contribution in [1.82, 2.24) is 10.6 Å². The lowest BCUT2D eigenvalue weighted by Crippen LogP contribution is -2.39. The van der Waals surface area contributed by atoms with Crippen molar-refractivity contribution in [3.63, 3.8) is 0 Å². The number of benzene rings is 2. The van der Waals surface area contributed by atoms with Gasteiger partial charge in [0.2, 0.25) is 5.91 Å². The van der Waals surface area contributed by atoms with Gasteiger partial charge >= 0.3 is 0 Å². The third-order valence-corrected chi connectivity index (χ3v) is 6.12. The molecule has 2 N–H and O–H groups in total. The Morgan fingerprint density at radius 2 is 1.93 bits per heavy atom. The number of nitrogens with one attached hydrogen (secondary N) is 2. The first-order valence-corrected chi connectivity index (χ1v) is 9.79. The highest BCUT2D eigenvalue weighted by Crippen LogP contribution is 2.35. The lowest BCUT2D eigenvalue weighted by molar-refractivity contribution is -0.121. The van der Waals surface area contributed by atoms with Gasteiger partial charge in [-0.15, -0.1) is 11.3 Å². The van der Waals surface area contributed by atoms with Gasteiger partial charge < -0.3 is 15.4 Å². The Morgan fingerprint density at radius 1 is 1.15 bits per heavy atom. The minimum Gasteiger partial charge on any atom is -0.493 e. The Kier molecular flexibility index (Phi) is 5.01. The van der Waals surface area contributed by atoms with Crippen LogP contribution in [0.2, 0.25) is 5.02 Å². The molecule has 0 aliphatic carbocycles. The first-order chi connectivity index (χ1) is 13.1. The Bertz CT molecular complexity index is 1020. The number of halogens is 1. The Morgan fingerprint density at radius 3 is 2.78 bits per heavy atom. The number of fused-ring (bicyclic) bond motifs is 2. The molecule has 138 valence electrons. The molecule has 0 saturated carbocycles. The lowest BCUT2D eigenvalue weighted by atomic mass is 10.0. The maximum atomic E-state index is 12.4. The summed E-state index contributed by atoms with van der Waals surface area (Å²) in [5.41, 5.74) is 0.955. The standard InChI is InChI=1S/C20H17ClN2O3S/c21-18-13-6-2-4-8-16(13)27-19(18)20(25)22-11-17(24)23-14-9-10-26-15-7-3-1-5-12(14)15/h1-8,14H,9-11H2,(H,22,25)(H,23,24)/t14-/m1/s1. The van der Waals surface area contributed by atoms with Crippen molar-refractivity contribution in [2.45, 2.75) is 12.5 Å². The van der Waals surface area contributed by atoms with Crippen LogP contribution in [0.25, 0.3) is 10.1 Å². The number of ether oxygens (including phenoxy) is 1. The molecule has 2 amide bonds. The van der Waals surface area contributed by atoms with Crippen molar-refractivity contribution >= 4 is 44.8 Å². The van der Waals surface area contributed by atoms with E-state index >= 15 is 0 Å². The molecule has 5 nitrogen and oxygen atoms in total. The van der Waals surface area contributed by atoms with Crippen molar-refractivity contribution in [2.75, 3.05) is 13.2 Å². The third-order valence-electron chi connectivity index (χ3n) is 4.44. The van der Waals surface area contributed by atoms with Gasteiger partial charge in [0.15, 0.2) is 0 Å². The highest BCUT2D eigenvalue weighted by Gasteiger charge is 2.23. The molecule has 2 aromatic carbocycles. The number of hydrogen-bond acceptors (Lipinski definition) is 4. The second-order valence-electron chi connectivity index (χ2n) is 6.22. The summed E-state index contributed by atoms with van der Waals surface area (Å²) in [6.45, 7) is 0.439. The monoisotopic (exact) mass is 400 g/mol. The maximum absolute atomic E-state index is 12.4. The van der Waals surface area contributed by atoms with Crippen molar-refractivity contribution < 1.29 is 14.3 Å². The fourth-order valence-corrected chi connectivity index (χ4v) is 4.57. The summed E-state index contributed by atoms with van der Waals surface area (Å²) in [6, 6.07) is 15.1. The molecule has 1 aliphatic heterocycles. The van der Waals surface area contributed by atoms with Crippen molar-refractivity contribution in [1.29, 1.82) is 0 Å². The van der Waals surface area contributed by atoms with E-state index in [9.17, 15) is 9.59 Å². The van der Waals surface area contributed by atoms with E-state index in [0.29, 0.717) is 22.9 Å². The minimum atomic E-state index is -0.344. The fraction of sp³-hybridized carbons (Fsp3) is 0.200. The van der Waals surface area contributed by atoms with Crippen molar-refractivity contribution in [3.8, 4) is 5.75 Å². The van der Waals surface area contributed by atoms with Crippen LogP contribution in [0.4, 0.5) is 0 Å². The zero-order chi connectivity index (χ0) is 18.8. The molecule has 0 saturated heterocycles. The molecule has 1 aliphatic rings. The topological polar surface area (TPSA) is 67.4 Å². The van der Waals surface area contributed by atoms with E-state index in [4.69, 9.17) is 16.3 Å². The van der Waals surface area contributed by atoms with Crippen LogP contribution >= 0.6 is 22.9 Å². The van der Waals surface area contributed by atoms with Crippen LogP contribution in [0.5, 0.6) is 5.75 Å². The van der Waals surface area contributed by atoms with Gasteiger partial charge in [-0.1, -0.05) is 48.0 Å². The maximum Gasteiger partial charge on any atom is 0.263 e. The summed E-state index contributed by atoms with van der Waals surface area (Å²) >= 11 is 7.63. The molecule has 0 unspecified atom stereocenters. The van der Waals surface area contributed by atoms with Crippen LogP contribution in [0.1, 0.15) is 27.7 Å². The summed E-state index contributed by atoms with van der Waals surface area (Å²) in [4.78, 5) is 25.2. The van der Waals surface area contributed by atoms with Gasteiger partial charge in [0.25, 0.3) is 5.91 Å². The predicted molar refractivity (Wildman–Crippen MR) is 107 cm³/mol. The van der Waals surface area contributed by atoms with E-state index in [0.717, 1.165) is 21.4 Å². The number of hydrogen-bond donors (Lipinski definition) is 2. The Balaban J connectivity index is 1.39. The Labute approximate surface area is 165 Å².